The fourth-order valence-electron chi connectivity index (χ4n) is 1.85. The number of hydrogen-bond acceptors (Lipinski definition) is 3. The fourth-order valence-corrected chi connectivity index (χ4v) is 1.85. The first-order valence-electron chi connectivity index (χ1n) is 7.21. The van der Waals surface area contributed by atoms with E-state index in [1.807, 2.05) is 30.3 Å². The maximum absolute atomic E-state index is 12.0. The standard InChI is InChI=1S/C17H21N3O/c1-13(2)10-11-18-16-9-8-15(12-19-16)20-17(21)14-6-4-3-5-7-14/h3-9,12-13H,10-11H2,1-2H3,(H,18,19)(H,20,21). The normalized spacial score (nSPS) is 10.4. The number of benzene rings is 1. The van der Waals surface area contributed by atoms with Gasteiger partial charge < -0.3 is 10.6 Å². The van der Waals surface area contributed by atoms with Crippen LogP contribution in [0.2, 0.25) is 0 Å². The van der Waals surface area contributed by atoms with Crippen molar-refractivity contribution in [2.45, 2.75) is 20.3 Å². The van der Waals surface area contributed by atoms with Crippen LogP contribution in [0.1, 0.15) is 30.6 Å². The number of hydrogen-bond donors (Lipinski definition) is 2. The zero-order valence-electron chi connectivity index (χ0n) is 12.5. The van der Waals surface area contributed by atoms with Crippen molar-refractivity contribution in [3.63, 3.8) is 0 Å². The van der Waals surface area contributed by atoms with E-state index in [1.165, 1.54) is 0 Å². The maximum atomic E-state index is 12.0. The van der Waals surface area contributed by atoms with Crippen molar-refractivity contribution >= 4 is 17.4 Å². The van der Waals surface area contributed by atoms with Gasteiger partial charge >= 0.3 is 0 Å². The van der Waals surface area contributed by atoms with Gasteiger partial charge in [0.2, 0.25) is 0 Å². The van der Waals surface area contributed by atoms with E-state index in [2.05, 4.69) is 29.5 Å². The van der Waals surface area contributed by atoms with Crippen LogP contribution in [0, 0.1) is 5.92 Å². The lowest BCUT2D eigenvalue weighted by molar-refractivity contribution is 0.102. The molecule has 1 aromatic carbocycles. The SMILES string of the molecule is CC(C)CCNc1ccc(NC(=O)c2ccccc2)cn1. The van der Waals surface area contributed by atoms with Crippen LogP contribution in [0.3, 0.4) is 0 Å². The number of pyridine rings is 1. The van der Waals surface area contributed by atoms with Crippen LogP contribution >= 0.6 is 0 Å². The topological polar surface area (TPSA) is 54.0 Å². The number of aromatic nitrogens is 1. The summed E-state index contributed by atoms with van der Waals surface area (Å²) in [6, 6.07) is 12.9. The number of amides is 1. The summed E-state index contributed by atoms with van der Waals surface area (Å²) < 4.78 is 0. The Morgan fingerprint density at radius 3 is 2.52 bits per heavy atom. The quantitative estimate of drug-likeness (QED) is 0.848. The summed E-state index contributed by atoms with van der Waals surface area (Å²) in [5, 5.41) is 6.09. The number of carbonyl (C=O) groups excluding carboxylic acids is 1. The molecule has 4 heteroatoms. The number of nitrogens with one attached hydrogen (secondary N) is 2. The maximum Gasteiger partial charge on any atom is 0.255 e. The second kappa shape index (κ2) is 7.43. The predicted molar refractivity (Wildman–Crippen MR) is 86.6 cm³/mol. The van der Waals surface area contributed by atoms with Crippen molar-refractivity contribution in [2.75, 3.05) is 17.2 Å². The van der Waals surface area contributed by atoms with Crippen molar-refractivity contribution in [1.82, 2.24) is 4.98 Å². The van der Waals surface area contributed by atoms with Gasteiger partial charge in [0.05, 0.1) is 11.9 Å². The van der Waals surface area contributed by atoms with Crippen LogP contribution in [0.4, 0.5) is 11.5 Å². The molecule has 1 heterocycles. The molecule has 0 fully saturated rings. The molecule has 0 unspecified atom stereocenters. The van der Waals surface area contributed by atoms with E-state index >= 15 is 0 Å². The van der Waals surface area contributed by atoms with Crippen LogP contribution in [0.5, 0.6) is 0 Å². The molecular formula is C17H21N3O. The van der Waals surface area contributed by atoms with Crippen LogP contribution in [0.25, 0.3) is 0 Å². The number of rotatable bonds is 6. The summed E-state index contributed by atoms with van der Waals surface area (Å²) in [4.78, 5) is 16.3. The van der Waals surface area contributed by atoms with E-state index in [1.54, 1.807) is 18.3 Å². The van der Waals surface area contributed by atoms with Crippen LogP contribution in [-0.4, -0.2) is 17.4 Å². The van der Waals surface area contributed by atoms with Gasteiger partial charge in [-0.3, -0.25) is 4.79 Å². The van der Waals surface area contributed by atoms with Crippen molar-refractivity contribution in [3.8, 4) is 0 Å². The molecule has 110 valence electrons. The zero-order valence-corrected chi connectivity index (χ0v) is 12.5. The summed E-state index contributed by atoms with van der Waals surface area (Å²) in [6.45, 7) is 5.29. The molecule has 0 saturated heterocycles. The van der Waals surface area contributed by atoms with Gasteiger partial charge in [0.25, 0.3) is 5.91 Å². The highest BCUT2D eigenvalue weighted by atomic mass is 16.1. The van der Waals surface area contributed by atoms with Crippen molar-refractivity contribution in [1.29, 1.82) is 0 Å². The second-order valence-electron chi connectivity index (χ2n) is 5.36. The molecule has 21 heavy (non-hydrogen) atoms. The van der Waals surface area contributed by atoms with Crippen LogP contribution in [-0.2, 0) is 0 Å². The Kier molecular flexibility index (Phi) is 5.32. The van der Waals surface area contributed by atoms with E-state index in [0.717, 1.165) is 18.8 Å². The molecule has 2 N–H and O–H groups in total. The fraction of sp³-hybridized carbons (Fsp3) is 0.294. The summed E-state index contributed by atoms with van der Waals surface area (Å²) in [6.07, 6.45) is 2.77. The van der Waals surface area contributed by atoms with Crippen molar-refractivity contribution in [3.05, 3.63) is 54.2 Å². The minimum absolute atomic E-state index is 0.127. The summed E-state index contributed by atoms with van der Waals surface area (Å²) in [7, 11) is 0. The smallest absolute Gasteiger partial charge is 0.255 e. The molecule has 0 bridgehead atoms. The Bertz CT molecular complexity index is 564. The van der Waals surface area contributed by atoms with E-state index in [0.29, 0.717) is 17.2 Å². The molecular weight excluding hydrogens is 262 g/mol. The first-order valence-corrected chi connectivity index (χ1v) is 7.21. The van der Waals surface area contributed by atoms with E-state index < -0.39 is 0 Å². The lowest BCUT2D eigenvalue weighted by Crippen LogP contribution is -2.12. The third-order valence-electron chi connectivity index (χ3n) is 3.09. The highest BCUT2D eigenvalue weighted by Crippen LogP contribution is 2.12. The molecule has 1 aromatic heterocycles. The van der Waals surface area contributed by atoms with Gasteiger partial charge in [0, 0.05) is 12.1 Å². The first-order chi connectivity index (χ1) is 10.1. The van der Waals surface area contributed by atoms with Crippen LogP contribution < -0.4 is 10.6 Å². The second-order valence-corrected chi connectivity index (χ2v) is 5.36. The third-order valence-corrected chi connectivity index (χ3v) is 3.09. The van der Waals surface area contributed by atoms with Crippen molar-refractivity contribution < 1.29 is 4.79 Å². The summed E-state index contributed by atoms with van der Waals surface area (Å²) in [5.41, 5.74) is 1.33. The molecule has 0 aliphatic heterocycles. The monoisotopic (exact) mass is 283 g/mol. The molecule has 0 atom stereocenters. The Morgan fingerprint density at radius 1 is 1.14 bits per heavy atom. The lowest BCUT2D eigenvalue weighted by Gasteiger charge is -2.09. The van der Waals surface area contributed by atoms with Gasteiger partial charge in [-0.05, 0) is 36.6 Å². The van der Waals surface area contributed by atoms with E-state index in [9.17, 15) is 4.79 Å². The Balaban J connectivity index is 1.89. The Hall–Kier alpha value is -2.36. The molecule has 1 amide bonds. The summed E-state index contributed by atoms with van der Waals surface area (Å²) in [5.74, 6) is 1.37. The number of carbonyl (C=O) groups is 1. The molecule has 2 aromatic rings. The lowest BCUT2D eigenvalue weighted by atomic mass is 10.1. The minimum atomic E-state index is -0.127. The van der Waals surface area contributed by atoms with Gasteiger partial charge in [0.15, 0.2) is 0 Å². The largest absolute Gasteiger partial charge is 0.370 e. The third kappa shape index (κ3) is 4.91. The predicted octanol–water partition coefficient (Wildman–Crippen LogP) is 3.79. The molecule has 2 rings (SSSR count). The molecule has 0 saturated carbocycles. The van der Waals surface area contributed by atoms with Gasteiger partial charge in [0.1, 0.15) is 5.82 Å². The average Bonchev–Trinajstić information content (AvgIpc) is 2.49. The minimum Gasteiger partial charge on any atom is -0.370 e. The van der Waals surface area contributed by atoms with Crippen LogP contribution in [0.15, 0.2) is 48.7 Å². The average molecular weight is 283 g/mol. The molecule has 0 aliphatic carbocycles. The molecule has 0 aliphatic rings. The van der Waals surface area contributed by atoms with Gasteiger partial charge in [-0.25, -0.2) is 4.98 Å². The van der Waals surface area contributed by atoms with E-state index in [4.69, 9.17) is 0 Å². The number of anilines is 2. The van der Waals surface area contributed by atoms with Crippen molar-refractivity contribution in [2.24, 2.45) is 5.92 Å². The number of nitrogens with zero attached hydrogens (tertiary/aromatic N) is 1. The van der Waals surface area contributed by atoms with E-state index in [-0.39, 0.29) is 5.91 Å². The molecule has 0 radical (unpaired) electrons. The highest BCUT2D eigenvalue weighted by Gasteiger charge is 2.05. The Morgan fingerprint density at radius 2 is 1.90 bits per heavy atom. The van der Waals surface area contributed by atoms with Gasteiger partial charge in [-0.15, -0.1) is 0 Å². The zero-order chi connectivity index (χ0) is 15.1. The van der Waals surface area contributed by atoms with Gasteiger partial charge in [-0.1, -0.05) is 32.0 Å². The molecule has 0 spiro atoms. The Labute approximate surface area is 125 Å². The molecule has 4 nitrogen and oxygen atoms in total. The first kappa shape index (κ1) is 15.0. The highest BCUT2D eigenvalue weighted by molar-refractivity contribution is 6.04. The van der Waals surface area contributed by atoms with Gasteiger partial charge in [-0.2, -0.15) is 0 Å². The summed E-state index contributed by atoms with van der Waals surface area (Å²) >= 11 is 0.